The Morgan fingerprint density at radius 3 is 2.47 bits per heavy atom. The topological polar surface area (TPSA) is 93.7 Å². The summed E-state index contributed by atoms with van der Waals surface area (Å²) in [7, 11) is -2.08. The Balaban J connectivity index is 1.55. The van der Waals surface area contributed by atoms with Gasteiger partial charge in [0.1, 0.15) is 11.5 Å². The first-order chi connectivity index (χ1) is 14.4. The first-order valence-electron chi connectivity index (χ1n) is 9.76. The van der Waals surface area contributed by atoms with E-state index in [1.807, 2.05) is 0 Å². The van der Waals surface area contributed by atoms with E-state index < -0.39 is 15.9 Å². The number of nitrogens with one attached hydrogen (secondary N) is 2. The van der Waals surface area contributed by atoms with Gasteiger partial charge in [-0.15, -0.1) is 0 Å². The minimum Gasteiger partial charge on any atom is -0.495 e. The number of hydrogen-bond donors (Lipinski definition) is 2. The molecule has 1 amide bonds. The molecule has 0 saturated heterocycles. The van der Waals surface area contributed by atoms with Crippen molar-refractivity contribution >= 4 is 33.2 Å². The van der Waals surface area contributed by atoms with Crippen molar-refractivity contribution in [3.63, 3.8) is 0 Å². The molecule has 1 saturated carbocycles. The van der Waals surface area contributed by atoms with Gasteiger partial charge < -0.3 is 14.8 Å². The third kappa shape index (κ3) is 6.10. The van der Waals surface area contributed by atoms with Gasteiger partial charge in [-0.3, -0.25) is 4.79 Å². The maximum atomic E-state index is 12.5. The van der Waals surface area contributed by atoms with Gasteiger partial charge in [-0.1, -0.05) is 30.9 Å². The average Bonchev–Trinajstić information content (AvgIpc) is 2.73. The Hall–Kier alpha value is -2.29. The molecule has 2 aromatic rings. The molecule has 0 bridgehead atoms. The SMILES string of the molecule is COc1ccc(Cl)cc1NC(=O)COc1ccc(S(=O)(=O)NC2CCCCC2)cc1. The summed E-state index contributed by atoms with van der Waals surface area (Å²) in [6, 6.07) is 10.9. The van der Waals surface area contributed by atoms with Gasteiger partial charge in [0.05, 0.1) is 17.7 Å². The van der Waals surface area contributed by atoms with E-state index in [2.05, 4.69) is 10.0 Å². The molecule has 0 radical (unpaired) electrons. The van der Waals surface area contributed by atoms with Crippen LogP contribution in [0.15, 0.2) is 47.4 Å². The highest BCUT2D eigenvalue weighted by Crippen LogP contribution is 2.27. The minimum absolute atomic E-state index is 0.00754. The second kappa shape index (κ2) is 10.1. The van der Waals surface area contributed by atoms with Crippen LogP contribution < -0.4 is 19.5 Å². The van der Waals surface area contributed by atoms with Crippen LogP contribution in [-0.4, -0.2) is 34.1 Å². The zero-order chi connectivity index (χ0) is 21.6. The van der Waals surface area contributed by atoms with Crippen molar-refractivity contribution < 1.29 is 22.7 Å². The molecule has 0 aliphatic heterocycles. The highest BCUT2D eigenvalue weighted by Gasteiger charge is 2.21. The fraction of sp³-hybridized carbons (Fsp3) is 0.381. The van der Waals surface area contributed by atoms with Crippen LogP contribution in [0, 0.1) is 0 Å². The van der Waals surface area contributed by atoms with E-state index >= 15 is 0 Å². The third-order valence-electron chi connectivity index (χ3n) is 4.87. The van der Waals surface area contributed by atoms with Crippen LogP contribution in [0.25, 0.3) is 0 Å². The molecule has 162 valence electrons. The van der Waals surface area contributed by atoms with E-state index in [1.54, 1.807) is 18.2 Å². The van der Waals surface area contributed by atoms with Crippen LogP contribution in [0.5, 0.6) is 11.5 Å². The Labute approximate surface area is 181 Å². The van der Waals surface area contributed by atoms with E-state index in [0.717, 1.165) is 32.1 Å². The second-order valence-corrected chi connectivity index (χ2v) is 9.26. The van der Waals surface area contributed by atoms with Crippen LogP contribution in [0.4, 0.5) is 5.69 Å². The molecule has 0 spiro atoms. The number of amides is 1. The molecule has 1 aliphatic carbocycles. The highest BCUT2D eigenvalue weighted by atomic mass is 35.5. The molecule has 1 fully saturated rings. The number of carbonyl (C=O) groups is 1. The number of sulfonamides is 1. The maximum Gasteiger partial charge on any atom is 0.262 e. The van der Waals surface area contributed by atoms with Gasteiger partial charge in [0.2, 0.25) is 10.0 Å². The highest BCUT2D eigenvalue weighted by molar-refractivity contribution is 7.89. The molecule has 30 heavy (non-hydrogen) atoms. The molecule has 0 aromatic heterocycles. The average molecular weight is 453 g/mol. The molecule has 0 heterocycles. The molecule has 0 atom stereocenters. The monoisotopic (exact) mass is 452 g/mol. The summed E-state index contributed by atoms with van der Waals surface area (Å²) in [6.07, 6.45) is 4.98. The van der Waals surface area contributed by atoms with E-state index in [9.17, 15) is 13.2 Å². The van der Waals surface area contributed by atoms with E-state index in [1.165, 1.54) is 31.4 Å². The lowest BCUT2D eigenvalue weighted by Gasteiger charge is -2.22. The van der Waals surface area contributed by atoms with Crippen molar-refractivity contribution in [1.82, 2.24) is 4.72 Å². The number of anilines is 1. The van der Waals surface area contributed by atoms with Gasteiger partial charge in [-0.05, 0) is 55.3 Å². The molecule has 2 N–H and O–H groups in total. The van der Waals surface area contributed by atoms with Crippen LogP contribution in [0.2, 0.25) is 5.02 Å². The number of rotatable bonds is 8. The number of halogens is 1. The molecule has 2 aromatic carbocycles. The first kappa shape index (κ1) is 22.4. The summed E-state index contributed by atoms with van der Waals surface area (Å²) >= 11 is 5.95. The number of ether oxygens (including phenoxy) is 2. The predicted octanol–water partition coefficient (Wildman–Crippen LogP) is 3.98. The van der Waals surface area contributed by atoms with Gasteiger partial charge in [0.15, 0.2) is 6.61 Å². The standard InChI is InChI=1S/C21H25ClN2O5S/c1-28-20-12-7-15(22)13-19(20)23-21(25)14-29-17-8-10-18(11-9-17)30(26,27)24-16-5-3-2-4-6-16/h7-13,16,24H,2-6,14H2,1H3,(H,23,25). The Morgan fingerprint density at radius 1 is 1.10 bits per heavy atom. The quantitative estimate of drug-likeness (QED) is 0.631. The normalized spacial score (nSPS) is 14.9. The summed E-state index contributed by atoms with van der Waals surface area (Å²) in [5.41, 5.74) is 0.439. The number of hydrogen-bond acceptors (Lipinski definition) is 5. The smallest absolute Gasteiger partial charge is 0.262 e. The summed E-state index contributed by atoms with van der Waals surface area (Å²) < 4.78 is 38.5. The van der Waals surface area contributed by atoms with Crippen LogP contribution in [0.1, 0.15) is 32.1 Å². The van der Waals surface area contributed by atoms with Gasteiger partial charge >= 0.3 is 0 Å². The molecule has 1 aliphatic rings. The minimum atomic E-state index is -3.57. The summed E-state index contributed by atoms with van der Waals surface area (Å²) in [5.74, 6) is 0.471. The number of methoxy groups -OCH3 is 1. The molecule has 0 unspecified atom stereocenters. The lowest BCUT2D eigenvalue weighted by molar-refractivity contribution is -0.118. The Bertz CT molecular complexity index is 973. The van der Waals surface area contributed by atoms with Crippen molar-refractivity contribution in [2.45, 2.75) is 43.0 Å². The molecular weight excluding hydrogens is 428 g/mol. The summed E-state index contributed by atoms with van der Waals surface area (Å²) in [4.78, 5) is 12.3. The molecule has 7 nitrogen and oxygen atoms in total. The maximum absolute atomic E-state index is 12.5. The fourth-order valence-corrected chi connectivity index (χ4v) is 4.81. The van der Waals surface area contributed by atoms with Crippen molar-refractivity contribution in [2.24, 2.45) is 0 Å². The largest absolute Gasteiger partial charge is 0.495 e. The van der Waals surface area contributed by atoms with Crippen molar-refractivity contribution in [3.8, 4) is 11.5 Å². The van der Waals surface area contributed by atoms with Crippen LogP contribution in [0.3, 0.4) is 0 Å². The molecule has 3 rings (SSSR count). The number of benzene rings is 2. The van der Waals surface area contributed by atoms with Crippen molar-refractivity contribution in [2.75, 3.05) is 19.0 Å². The Kier molecular flexibility index (Phi) is 7.58. The number of carbonyl (C=O) groups excluding carboxylic acids is 1. The van der Waals surface area contributed by atoms with Gasteiger partial charge in [0.25, 0.3) is 5.91 Å². The summed E-state index contributed by atoms with van der Waals surface area (Å²) in [5, 5.41) is 3.14. The predicted molar refractivity (Wildman–Crippen MR) is 116 cm³/mol. The van der Waals surface area contributed by atoms with Crippen molar-refractivity contribution in [3.05, 3.63) is 47.5 Å². The molecule has 9 heteroatoms. The fourth-order valence-electron chi connectivity index (χ4n) is 3.34. The summed E-state index contributed by atoms with van der Waals surface area (Å²) in [6.45, 7) is -0.248. The lowest BCUT2D eigenvalue weighted by Crippen LogP contribution is -2.36. The van der Waals surface area contributed by atoms with Crippen LogP contribution in [-0.2, 0) is 14.8 Å². The molecular formula is C21H25ClN2O5S. The van der Waals surface area contributed by atoms with Crippen LogP contribution >= 0.6 is 11.6 Å². The second-order valence-electron chi connectivity index (χ2n) is 7.11. The third-order valence-corrected chi connectivity index (χ3v) is 6.64. The van der Waals surface area contributed by atoms with E-state index in [4.69, 9.17) is 21.1 Å². The first-order valence-corrected chi connectivity index (χ1v) is 11.6. The van der Waals surface area contributed by atoms with Gasteiger partial charge in [-0.2, -0.15) is 0 Å². The zero-order valence-electron chi connectivity index (χ0n) is 16.7. The zero-order valence-corrected chi connectivity index (χ0v) is 18.3. The Morgan fingerprint density at radius 2 is 1.80 bits per heavy atom. The van der Waals surface area contributed by atoms with Crippen molar-refractivity contribution in [1.29, 1.82) is 0 Å². The van der Waals surface area contributed by atoms with Gasteiger partial charge in [0, 0.05) is 11.1 Å². The van der Waals surface area contributed by atoms with E-state index in [-0.39, 0.29) is 17.5 Å². The van der Waals surface area contributed by atoms with Gasteiger partial charge in [-0.25, -0.2) is 13.1 Å². The van der Waals surface area contributed by atoms with E-state index in [0.29, 0.717) is 22.2 Å². The lowest BCUT2D eigenvalue weighted by atomic mass is 9.96.